The van der Waals surface area contributed by atoms with Gasteiger partial charge in [0.15, 0.2) is 0 Å². The second-order valence-corrected chi connectivity index (χ2v) is 3.92. The van der Waals surface area contributed by atoms with Crippen LogP contribution in [0, 0.1) is 0 Å². The maximum atomic E-state index is 11.7. The Bertz CT molecular complexity index is 428. The van der Waals surface area contributed by atoms with E-state index in [9.17, 15) is 9.59 Å². The van der Waals surface area contributed by atoms with Gasteiger partial charge in [0.05, 0.1) is 0 Å². The minimum absolute atomic E-state index is 0.139. The van der Waals surface area contributed by atoms with E-state index in [4.69, 9.17) is 10.5 Å². The third kappa shape index (κ3) is 2.75. The summed E-state index contributed by atoms with van der Waals surface area (Å²) < 4.78 is 4.72. The molecule has 0 atom stereocenters. The van der Waals surface area contributed by atoms with Gasteiger partial charge in [-0.25, -0.2) is 4.79 Å². The second kappa shape index (κ2) is 4.86. The van der Waals surface area contributed by atoms with Gasteiger partial charge in [-0.15, -0.1) is 0 Å². The highest BCUT2D eigenvalue weighted by atomic mass is 16.5. The van der Waals surface area contributed by atoms with E-state index in [1.165, 1.54) is 0 Å². The zero-order chi connectivity index (χ0) is 12.3. The Morgan fingerprint density at radius 2 is 1.94 bits per heavy atom. The Morgan fingerprint density at radius 3 is 2.53 bits per heavy atom. The van der Waals surface area contributed by atoms with Crippen LogP contribution in [0.4, 0.5) is 10.5 Å². The van der Waals surface area contributed by atoms with Crippen molar-refractivity contribution in [2.75, 3.05) is 11.4 Å². The number of ether oxygens (including phenoxy) is 1. The summed E-state index contributed by atoms with van der Waals surface area (Å²) >= 11 is 0. The fourth-order valence-electron chi connectivity index (χ4n) is 1.89. The fourth-order valence-corrected chi connectivity index (χ4v) is 1.89. The lowest BCUT2D eigenvalue weighted by molar-refractivity contribution is -0.119. The average molecular weight is 234 g/mol. The number of rotatable bonds is 2. The van der Waals surface area contributed by atoms with Crippen molar-refractivity contribution in [2.45, 2.75) is 19.3 Å². The van der Waals surface area contributed by atoms with Crippen LogP contribution in [0.3, 0.4) is 0 Å². The predicted octanol–water partition coefficient (Wildman–Crippen LogP) is 1.66. The smallest absolute Gasteiger partial charge is 0.409 e. The van der Waals surface area contributed by atoms with Gasteiger partial charge in [0, 0.05) is 18.7 Å². The summed E-state index contributed by atoms with van der Waals surface area (Å²) in [7, 11) is 0. The van der Waals surface area contributed by atoms with Crippen LogP contribution >= 0.6 is 0 Å². The molecule has 1 fully saturated rings. The van der Waals surface area contributed by atoms with E-state index in [0.717, 1.165) is 25.1 Å². The first-order valence-electron chi connectivity index (χ1n) is 5.54. The highest BCUT2D eigenvalue weighted by molar-refractivity contribution is 5.94. The molecule has 0 radical (unpaired) electrons. The molecule has 5 heteroatoms. The molecule has 0 bridgehead atoms. The minimum atomic E-state index is -0.841. The first-order valence-corrected chi connectivity index (χ1v) is 5.54. The molecule has 0 aliphatic carbocycles. The van der Waals surface area contributed by atoms with Crippen LogP contribution in [0.25, 0.3) is 0 Å². The predicted molar refractivity (Wildman–Crippen MR) is 62.9 cm³/mol. The molecule has 1 aliphatic heterocycles. The molecule has 17 heavy (non-hydrogen) atoms. The van der Waals surface area contributed by atoms with Crippen molar-refractivity contribution in [2.24, 2.45) is 5.73 Å². The molecule has 0 saturated carbocycles. The van der Waals surface area contributed by atoms with Crippen LogP contribution in [0.5, 0.6) is 5.75 Å². The number of piperidine rings is 1. The number of nitrogens with zero attached hydrogens (tertiary/aromatic N) is 1. The van der Waals surface area contributed by atoms with Crippen LogP contribution in [-0.2, 0) is 4.79 Å². The Balaban J connectivity index is 2.11. The number of hydrogen-bond acceptors (Lipinski definition) is 3. The summed E-state index contributed by atoms with van der Waals surface area (Å²) in [6.45, 7) is 0.745. The standard InChI is InChI=1S/C12H14N2O3/c13-12(16)17-10-6-4-9(5-7-10)14-8-2-1-3-11(14)15/h4-7H,1-3,8H2,(H2,13,16). The zero-order valence-electron chi connectivity index (χ0n) is 9.39. The van der Waals surface area contributed by atoms with Gasteiger partial charge >= 0.3 is 6.09 Å². The third-order valence-corrected chi connectivity index (χ3v) is 2.69. The molecule has 0 unspecified atom stereocenters. The zero-order valence-corrected chi connectivity index (χ0v) is 9.39. The molecule has 1 aromatic carbocycles. The van der Waals surface area contributed by atoms with Gasteiger partial charge in [0.2, 0.25) is 5.91 Å². The summed E-state index contributed by atoms with van der Waals surface area (Å²) in [5, 5.41) is 0. The monoisotopic (exact) mass is 234 g/mol. The van der Waals surface area contributed by atoms with E-state index in [1.807, 2.05) is 0 Å². The van der Waals surface area contributed by atoms with Gasteiger partial charge in [-0.1, -0.05) is 0 Å². The molecule has 2 rings (SSSR count). The van der Waals surface area contributed by atoms with Gasteiger partial charge in [0.1, 0.15) is 5.75 Å². The summed E-state index contributed by atoms with van der Waals surface area (Å²) in [6, 6.07) is 6.76. The number of carbonyl (C=O) groups is 2. The molecule has 1 aromatic rings. The third-order valence-electron chi connectivity index (χ3n) is 2.69. The number of carbonyl (C=O) groups excluding carboxylic acids is 2. The van der Waals surface area contributed by atoms with Gasteiger partial charge in [-0.3, -0.25) is 4.79 Å². The molecule has 90 valence electrons. The molecular weight excluding hydrogens is 220 g/mol. The average Bonchev–Trinajstić information content (AvgIpc) is 2.30. The molecule has 0 aromatic heterocycles. The summed E-state index contributed by atoms with van der Waals surface area (Å²) in [5.74, 6) is 0.519. The first-order chi connectivity index (χ1) is 8.16. The Hall–Kier alpha value is -2.04. The van der Waals surface area contributed by atoms with Crippen LogP contribution in [0.15, 0.2) is 24.3 Å². The van der Waals surface area contributed by atoms with Crippen LogP contribution in [0.2, 0.25) is 0 Å². The van der Waals surface area contributed by atoms with E-state index in [-0.39, 0.29) is 5.91 Å². The van der Waals surface area contributed by atoms with Gasteiger partial charge in [0.25, 0.3) is 0 Å². The van der Waals surface area contributed by atoms with Crippen molar-refractivity contribution in [1.82, 2.24) is 0 Å². The summed E-state index contributed by atoms with van der Waals surface area (Å²) in [5.41, 5.74) is 5.73. The lowest BCUT2D eigenvalue weighted by Crippen LogP contribution is -2.35. The quantitative estimate of drug-likeness (QED) is 0.845. The van der Waals surface area contributed by atoms with Gasteiger partial charge < -0.3 is 15.4 Å². The SMILES string of the molecule is NC(=O)Oc1ccc(N2CCCCC2=O)cc1. The highest BCUT2D eigenvalue weighted by Gasteiger charge is 2.19. The van der Waals surface area contributed by atoms with Crippen molar-refractivity contribution in [3.8, 4) is 5.75 Å². The lowest BCUT2D eigenvalue weighted by atomic mass is 10.1. The molecule has 1 saturated heterocycles. The van der Waals surface area contributed by atoms with Crippen molar-refractivity contribution >= 4 is 17.7 Å². The van der Waals surface area contributed by atoms with Crippen LogP contribution < -0.4 is 15.4 Å². The first kappa shape index (κ1) is 11.4. The Kier molecular flexibility index (Phi) is 3.27. The van der Waals surface area contributed by atoms with Gasteiger partial charge in [-0.05, 0) is 37.1 Å². The Morgan fingerprint density at radius 1 is 1.24 bits per heavy atom. The molecular formula is C12H14N2O3. The number of benzene rings is 1. The second-order valence-electron chi connectivity index (χ2n) is 3.92. The van der Waals surface area contributed by atoms with Gasteiger partial charge in [-0.2, -0.15) is 0 Å². The maximum absolute atomic E-state index is 11.7. The van der Waals surface area contributed by atoms with E-state index in [0.29, 0.717) is 12.2 Å². The molecule has 1 aliphatic rings. The maximum Gasteiger partial charge on any atom is 0.409 e. The van der Waals surface area contributed by atoms with E-state index in [1.54, 1.807) is 29.2 Å². The summed E-state index contributed by atoms with van der Waals surface area (Å²) in [6.07, 6.45) is 1.73. The highest BCUT2D eigenvalue weighted by Crippen LogP contribution is 2.23. The largest absolute Gasteiger partial charge is 0.411 e. The number of nitrogens with two attached hydrogens (primary N) is 1. The number of hydrogen-bond donors (Lipinski definition) is 1. The number of amides is 2. The van der Waals surface area contributed by atoms with E-state index >= 15 is 0 Å². The minimum Gasteiger partial charge on any atom is -0.411 e. The normalized spacial score (nSPS) is 15.8. The molecule has 0 spiro atoms. The molecule has 2 amide bonds. The van der Waals surface area contributed by atoms with Crippen LogP contribution in [-0.4, -0.2) is 18.5 Å². The summed E-state index contributed by atoms with van der Waals surface area (Å²) in [4.78, 5) is 24.0. The van der Waals surface area contributed by atoms with Crippen molar-refractivity contribution in [3.05, 3.63) is 24.3 Å². The van der Waals surface area contributed by atoms with Crippen molar-refractivity contribution < 1.29 is 14.3 Å². The molecule has 5 nitrogen and oxygen atoms in total. The molecule has 1 heterocycles. The van der Waals surface area contributed by atoms with Crippen molar-refractivity contribution in [3.63, 3.8) is 0 Å². The number of anilines is 1. The fraction of sp³-hybridized carbons (Fsp3) is 0.333. The van der Waals surface area contributed by atoms with Crippen molar-refractivity contribution in [1.29, 1.82) is 0 Å². The van der Waals surface area contributed by atoms with E-state index < -0.39 is 6.09 Å². The molecule has 2 N–H and O–H groups in total. The number of primary amides is 1. The van der Waals surface area contributed by atoms with Crippen LogP contribution in [0.1, 0.15) is 19.3 Å². The topological polar surface area (TPSA) is 72.6 Å². The Labute approximate surface area is 99.2 Å². The van der Waals surface area contributed by atoms with E-state index in [2.05, 4.69) is 0 Å². The lowest BCUT2D eigenvalue weighted by Gasteiger charge is -2.26.